The van der Waals surface area contributed by atoms with E-state index in [1.165, 1.54) is 12.1 Å². The molecule has 1 N–H and O–H groups in total. The molecule has 15 heteroatoms. The van der Waals surface area contributed by atoms with Gasteiger partial charge >= 0.3 is 0 Å². The fourth-order valence-corrected chi connectivity index (χ4v) is 8.35. The average molecular weight is 920 g/mol. The van der Waals surface area contributed by atoms with Gasteiger partial charge in [-0.15, -0.1) is 0 Å². The van der Waals surface area contributed by atoms with Gasteiger partial charge in [-0.3, -0.25) is 8.98 Å². The number of benzene rings is 3. The lowest BCUT2D eigenvalue weighted by Crippen LogP contribution is -2.40. The van der Waals surface area contributed by atoms with E-state index in [-0.39, 0.29) is 24.0 Å². The minimum Gasteiger partial charge on any atom is -0.491 e. The molecule has 14 nitrogen and oxygen atoms in total. The largest absolute Gasteiger partial charge is 0.491 e. The topological polar surface area (TPSA) is 153 Å². The van der Waals surface area contributed by atoms with Crippen LogP contribution in [-0.4, -0.2) is 118 Å². The summed E-state index contributed by atoms with van der Waals surface area (Å²) in [5.74, 6) is 1.15. The molecule has 0 radical (unpaired) electrons. The van der Waals surface area contributed by atoms with Crippen molar-refractivity contribution in [3.8, 4) is 22.8 Å². The Morgan fingerprint density at radius 3 is 1.97 bits per heavy atom. The molecule has 356 valence electrons. The van der Waals surface area contributed by atoms with E-state index in [4.69, 9.17) is 37.3 Å². The summed E-state index contributed by atoms with van der Waals surface area (Å²) >= 11 is 0. The molecule has 1 aromatic heterocycles. The van der Waals surface area contributed by atoms with E-state index >= 15 is 0 Å². The summed E-state index contributed by atoms with van der Waals surface area (Å²) in [6.07, 6.45) is 3.82. The fraction of sp³-hybridized carbons (Fsp3) is 0.520. The molecule has 1 aliphatic heterocycles. The predicted molar refractivity (Wildman–Crippen MR) is 252 cm³/mol. The molecule has 3 aromatic carbocycles. The Labute approximate surface area is 386 Å². The quantitative estimate of drug-likeness (QED) is 0.0415. The monoisotopic (exact) mass is 919 g/mol. The van der Waals surface area contributed by atoms with Crippen LogP contribution in [0.1, 0.15) is 77.8 Å². The highest BCUT2D eigenvalue weighted by atomic mass is 32.2. The Balaban J connectivity index is 1.05. The lowest BCUT2D eigenvalue weighted by molar-refractivity contribution is -0.00682. The van der Waals surface area contributed by atoms with Crippen molar-refractivity contribution in [1.82, 2.24) is 10.3 Å². The summed E-state index contributed by atoms with van der Waals surface area (Å²) in [6.45, 7) is 18.5. The highest BCUT2D eigenvalue weighted by molar-refractivity contribution is 7.86. The minimum absolute atomic E-state index is 0.0730. The summed E-state index contributed by atoms with van der Waals surface area (Å²) in [7, 11) is -3.80. The van der Waals surface area contributed by atoms with Gasteiger partial charge in [0, 0.05) is 54.9 Å². The number of carbonyl (C=O) groups excluding carboxylic acids is 1. The van der Waals surface area contributed by atoms with Crippen LogP contribution in [0.2, 0.25) is 0 Å². The summed E-state index contributed by atoms with van der Waals surface area (Å²) in [4.78, 5) is 21.4. The van der Waals surface area contributed by atoms with Crippen molar-refractivity contribution in [3.63, 3.8) is 0 Å². The van der Waals surface area contributed by atoms with Gasteiger partial charge in [-0.1, -0.05) is 43.2 Å². The van der Waals surface area contributed by atoms with E-state index < -0.39 is 10.1 Å². The summed E-state index contributed by atoms with van der Waals surface area (Å²) in [5.41, 5.74) is 8.31. The van der Waals surface area contributed by atoms with Crippen molar-refractivity contribution in [3.05, 3.63) is 100 Å². The Hall–Kier alpha value is -4.61. The van der Waals surface area contributed by atoms with Crippen LogP contribution in [-0.2, 0) is 44.5 Å². The third-order valence-corrected chi connectivity index (χ3v) is 12.4. The Morgan fingerprint density at radius 1 is 0.738 bits per heavy atom. The second-order valence-electron chi connectivity index (χ2n) is 16.0. The van der Waals surface area contributed by atoms with Crippen molar-refractivity contribution < 1.29 is 50.6 Å². The second kappa shape index (κ2) is 27.1. The predicted octanol–water partition coefficient (Wildman–Crippen LogP) is 7.95. The number of aromatic nitrogens is 1. The van der Waals surface area contributed by atoms with Gasteiger partial charge in [0.2, 0.25) is 5.88 Å². The van der Waals surface area contributed by atoms with Crippen LogP contribution in [0.5, 0.6) is 11.6 Å². The standard InChI is InChI=1S/C50H69N3O11S/c1-7-9-20-63-50-47(38(4)33-39(5)52-50)36-51-49(54)46-34-42(35-48(40(46)6)53(8-2)43-18-21-57-22-19-43)41-12-14-44(15-13-41)62-31-29-60-27-25-58-23-24-59-26-28-61-30-32-64-65(55,56)45-16-10-37(3)11-17-45/h10-17,33-35,43H,7-9,18-32,36H2,1-6H3,(H,51,54). The molecule has 0 bridgehead atoms. The first kappa shape index (κ1) is 51.4. The molecule has 1 amide bonds. The summed E-state index contributed by atoms with van der Waals surface area (Å²) in [6, 6.07) is 21.0. The maximum absolute atomic E-state index is 14.2. The van der Waals surface area contributed by atoms with Crippen molar-refractivity contribution in [2.75, 3.05) is 97.3 Å². The third-order valence-electron chi connectivity index (χ3n) is 11.1. The smallest absolute Gasteiger partial charge is 0.297 e. The number of aryl methyl sites for hydroxylation is 3. The van der Waals surface area contributed by atoms with E-state index in [2.05, 4.69) is 35.1 Å². The molecular weight excluding hydrogens is 851 g/mol. The molecule has 0 atom stereocenters. The third kappa shape index (κ3) is 16.3. The fourth-order valence-electron chi connectivity index (χ4n) is 7.46. The first-order valence-corrected chi connectivity index (χ1v) is 24.3. The maximum atomic E-state index is 14.2. The summed E-state index contributed by atoms with van der Waals surface area (Å²) in [5, 5.41) is 3.20. The molecule has 1 fully saturated rings. The highest BCUT2D eigenvalue weighted by Crippen LogP contribution is 2.35. The van der Waals surface area contributed by atoms with E-state index in [1.54, 1.807) is 12.1 Å². The zero-order chi connectivity index (χ0) is 46.4. The van der Waals surface area contributed by atoms with Gasteiger partial charge in [0.1, 0.15) is 12.4 Å². The first-order valence-electron chi connectivity index (χ1n) is 22.9. The van der Waals surface area contributed by atoms with Gasteiger partial charge < -0.3 is 43.4 Å². The Bertz CT molecular complexity index is 2160. The van der Waals surface area contributed by atoms with E-state index in [0.717, 1.165) is 96.0 Å². The van der Waals surface area contributed by atoms with Gasteiger partial charge in [-0.05, 0) is 119 Å². The lowest BCUT2D eigenvalue weighted by atomic mass is 9.95. The van der Waals surface area contributed by atoms with Crippen LogP contribution in [0.3, 0.4) is 0 Å². The molecule has 0 spiro atoms. The van der Waals surface area contributed by atoms with Gasteiger partial charge in [-0.25, -0.2) is 4.98 Å². The molecule has 0 unspecified atom stereocenters. The van der Waals surface area contributed by atoms with E-state index in [9.17, 15) is 13.2 Å². The van der Waals surface area contributed by atoms with Crippen LogP contribution >= 0.6 is 0 Å². The number of rotatable bonds is 29. The van der Waals surface area contributed by atoms with Crippen molar-refractivity contribution >= 4 is 21.7 Å². The maximum Gasteiger partial charge on any atom is 0.297 e. The molecule has 4 aromatic rings. The van der Waals surface area contributed by atoms with Crippen molar-refractivity contribution in [1.29, 1.82) is 0 Å². The van der Waals surface area contributed by atoms with Gasteiger partial charge in [0.15, 0.2) is 0 Å². The number of unbranched alkanes of at least 4 members (excludes halogenated alkanes) is 1. The average Bonchev–Trinajstić information content (AvgIpc) is 3.30. The van der Waals surface area contributed by atoms with E-state index in [0.29, 0.717) is 83.5 Å². The number of anilines is 1. The second-order valence-corrected chi connectivity index (χ2v) is 17.6. The molecular formula is C50H69N3O11S. The number of amides is 1. The highest BCUT2D eigenvalue weighted by Gasteiger charge is 2.25. The Morgan fingerprint density at radius 2 is 1.35 bits per heavy atom. The van der Waals surface area contributed by atoms with Crippen LogP contribution in [0.4, 0.5) is 5.69 Å². The summed E-state index contributed by atoms with van der Waals surface area (Å²) < 4.78 is 69.4. The number of carbonyl (C=O) groups is 1. The van der Waals surface area contributed by atoms with Crippen LogP contribution in [0.15, 0.2) is 71.6 Å². The van der Waals surface area contributed by atoms with Crippen molar-refractivity contribution in [2.45, 2.75) is 84.7 Å². The number of hydrogen-bond donors (Lipinski definition) is 1. The molecule has 5 rings (SSSR count). The lowest BCUT2D eigenvalue weighted by Gasteiger charge is -2.37. The Kier molecular flexibility index (Phi) is 21.4. The number of pyridine rings is 1. The SMILES string of the molecule is CCCCOc1nc(C)cc(C)c1CNC(=O)c1cc(-c2ccc(OCCOCCOCCOCCOCCOS(=O)(=O)c3ccc(C)cc3)cc2)cc(N(CC)C2CCOCC2)c1C. The molecule has 2 heterocycles. The molecule has 0 aliphatic carbocycles. The number of nitrogens with zero attached hydrogens (tertiary/aromatic N) is 2. The zero-order valence-electron chi connectivity index (χ0n) is 39.2. The van der Waals surface area contributed by atoms with Crippen molar-refractivity contribution in [2.24, 2.45) is 0 Å². The molecule has 1 saturated heterocycles. The molecule has 0 saturated carbocycles. The van der Waals surface area contributed by atoms with Gasteiger partial charge in [0.05, 0.1) is 71.0 Å². The number of hydrogen-bond acceptors (Lipinski definition) is 13. The van der Waals surface area contributed by atoms with Crippen LogP contribution < -0.4 is 19.7 Å². The minimum atomic E-state index is -3.80. The van der Waals surface area contributed by atoms with Crippen LogP contribution in [0.25, 0.3) is 11.1 Å². The van der Waals surface area contributed by atoms with Gasteiger partial charge in [-0.2, -0.15) is 8.42 Å². The normalized spacial score (nSPS) is 13.2. The van der Waals surface area contributed by atoms with Crippen LogP contribution in [0, 0.1) is 27.7 Å². The molecule has 65 heavy (non-hydrogen) atoms. The number of nitrogens with one attached hydrogen (secondary N) is 1. The zero-order valence-corrected chi connectivity index (χ0v) is 40.0. The molecule has 1 aliphatic rings. The first-order chi connectivity index (χ1) is 31.5. The van der Waals surface area contributed by atoms with Gasteiger partial charge in [0.25, 0.3) is 16.0 Å². The van der Waals surface area contributed by atoms with E-state index in [1.807, 2.05) is 64.1 Å². The number of ether oxygens (including phenoxy) is 7.